The van der Waals surface area contributed by atoms with Crippen LogP contribution in [0.15, 0.2) is 16.7 Å². The molecule has 1 aromatic rings. The molecule has 0 saturated heterocycles. The van der Waals surface area contributed by atoms with Crippen LogP contribution in [0, 0.1) is 0 Å². The van der Waals surface area contributed by atoms with Gasteiger partial charge in [0.15, 0.2) is 0 Å². The molecular formula is C9H14O2. The normalized spacial score (nSPS) is 13.9. The van der Waals surface area contributed by atoms with Crippen LogP contribution in [0.25, 0.3) is 0 Å². The van der Waals surface area contributed by atoms with Gasteiger partial charge in [0.25, 0.3) is 0 Å². The monoisotopic (exact) mass is 154 g/mol. The summed E-state index contributed by atoms with van der Waals surface area (Å²) >= 11 is 0. The highest BCUT2D eigenvalue weighted by atomic mass is 16.4. The van der Waals surface area contributed by atoms with Gasteiger partial charge in [0.2, 0.25) is 0 Å². The van der Waals surface area contributed by atoms with Gasteiger partial charge in [-0.1, -0.05) is 13.8 Å². The van der Waals surface area contributed by atoms with Crippen molar-refractivity contribution in [3.05, 3.63) is 23.7 Å². The Labute approximate surface area is 66.8 Å². The Balaban J connectivity index is 2.82. The Kier molecular flexibility index (Phi) is 2.35. The Hall–Kier alpha value is -0.760. The second kappa shape index (κ2) is 3.09. The SMILES string of the molecule is CC(C)c1coc(C(C)O)c1. The van der Waals surface area contributed by atoms with Crippen molar-refractivity contribution in [1.29, 1.82) is 0 Å². The van der Waals surface area contributed by atoms with Crippen molar-refractivity contribution in [3.8, 4) is 0 Å². The third kappa shape index (κ3) is 1.84. The standard InChI is InChI=1S/C9H14O2/c1-6(2)8-4-9(7(3)10)11-5-8/h4-7,10H,1-3H3. The molecule has 0 bridgehead atoms. The molecule has 0 amide bonds. The van der Waals surface area contributed by atoms with E-state index in [1.807, 2.05) is 6.07 Å². The molecule has 0 aliphatic carbocycles. The van der Waals surface area contributed by atoms with Gasteiger partial charge in [-0.05, 0) is 24.5 Å². The highest BCUT2D eigenvalue weighted by molar-refractivity contribution is 5.17. The summed E-state index contributed by atoms with van der Waals surface area (Å²) in [7, 11) is 0. The van der Waals surface area contributed by atoms with Gasteiger partial charge in [0.1, 0.15) is 11.9 Å². The molecule has 0 fully saturated rings. The van der Waals surface area contributed by atoms with Crippen molar-refractivity contribution in [3.63, 3.8) is 0 Å². The van der Waals surface area contributed by atoms with E-state index in [2.05, 4.69) is 13.8 Å². The molecule has 0 aliphatic rings. The van der Waals surface area contributed by atoms with Crippen LogP contribution in [0.3, 0.4) is 0 Å². The fourth-order valence-electron chi connectivity index (χ4n) is 0.890. The van der Waals surface area contributed by atoms with Gasteiger partial charge in [-0.15, -0.1) is 0 Å². The fraction of sp³-hybridized carbons (Fsp3) is 0.556. The second-order valence-corrected chi connectivity index (χ2v) is 3.11. The third-order valence-corrected chi connectivity index (χ3v) is 1.72. The van der Waals surface area contributed by atoms with Gasteiger partial charge in [0.05, 0.1) is 6.26 Å². The van der Waals surface area contributed by atoms with Gasteiger partial charge < -0.3 is 9.52 Å². The number of rotatable bonds is 2. The molecule has 1 N–H and O–H groups in total. The predicted molar refractivity (Wildman–Crippen MR) is 43.4 cm³/mol. The molecule has 11 heavy (non-hydrogen) atoms. The van der Waals surface area contributed by atoms with E-state index in [1.165, 1.54) is 0 Å². The van der Waals surface area contributed by atoms with E-state index >= 15 is 0 Å². The number of hydrogen-bond acceptors (Lipinski definition) is 2. The van der Waals surface area contributed by atoms with Gasteiger partial charge in [-0.2, -0.15) is 0 Å². The summed E-state index contributed by atoms with van der Waals surface area (Å²) in [4.78, 5) is 0. The lowest BCUT2D eigenvalue weighted by atomic mass is 10.1. The second-order valence-electron chi connectivity index (χ2n) is 3.11. The first-order valence-electron chi connectivity index (χ1n) is 3.87. The minimum Gasteiger partial charge on any atom is -0.466 e. The number of furan rings is 1. The molecule has 62 valence electrons. The summed E-state index contributed by atoms with van der Waals surface area (Å²) in [5, 5.41) is 9.13. The maximum Gasteiger partial charge on any atom is 0.132 e. The molecule has 0 spiro atoms. The molecule has 1 atom stereocenters. The van der Waals surface area contributed by atoms with E-state index in [9.17, 15) is 0 Å². The van der Waals surface area contributed by atoms with Crippen LogP contribution < -0.4 is 0 Å². The summed E-state index contributed by atoms with van der Waals surface area (Å²) in [6, 6.07) is 1.90. The van der Waals surface area contributed by atoms with E-state index in [4.69, 9.17) is 9.52 Å². The lowest BCUT2D eigenvalue weighted by Crippen LogP contribution is -1.87. The zero-order valence-corrected chi connectivity index (χ0v) is 7.16. The number of aliphatic hydroxyl groups excluding tert-OH is 1. The highest BCUT2D eigenvalue weighted by Crippen LogP contribution is 2.21. The first kappa shape index (κ1) is 8.34. The first-order chi connectivity index (χ1) is 5.11. The van der Waals surface area contributed by atoms with Crippen molar-refractivity contribution < 1.29 is 9.52 Å². The Bertz CT molecular complexity index is 201. The minimum absolute atomic E-state index is 0.464. The molecule has 0 aliphatic heterocycles. The fourth-order valence-corrected chi connectivity index (χ4v) is 0.890. The topological polar surface area (TPSA) is 33.4 Å². The number of aliphatic hydroxyl groups is 1. The lowest BCUT2D eigenvalue weighted by molar-refractivity contribution is 0.169. The molecule has 0 saturated carbocycles. The predicted octanol–water partition coefficient (Wildman–Crippen LogP) is 2.46. The molecular weight excluding hydrogens is 140 g/mol. The van der Waals surface area contributed by atoms with Crippen LogP contribution in [-0.2, 0) is 0 Å². The lowest BCUT2D eigenvalue weighted by Gasteiger charge is -1.97. The van der Waals surface area contributed by atoms with Crippen molar-refractivity contribution in [2.75, 3.05) is 0 Å². The van der Waals surface area contributed by atoms with Crippen LogP contribution in [0.1, 0.15) is 44.1 Å². The third-order valence-electron chi connectivity index (χ3n) is 1.72. The average Bonchev–Trinajstić information content (AvgIpc) is 2.33. The molecule has 1 aromatic heterocycles. The van der Waals surface area contributed by atoms with E-state index in [0.717, 1.165) is 5.56 Å². The highest BCUT2D eigenvalue weighted by Gasteiger charge is 2.08. The first-order valence-corrected chi connectivity index (χ1v) is 3.87. The van der Waals surface area contributed by atoms with Gasteiger partial charge >= 0.3 is 0 Å². The van der Waals surface area contributed by atoms with Crippen LogP contribution in [0.5, 0.6) is 0 Å². The quantitative estimate of drug-likeness (QED) is 0.709. The van der Waals surface area contributed by atoms with Crippen molar-refractivity contribution in [2.45, 2.75) is 32.8 Å². The molecule has 2 heteroatoms. The maximum atomic E-state index is 9.13. The zero-order chi connectivity index (χ0) is 8.43. The van der Waals surface area contributed by atoms with Crippen molar-refractivity contribution in [2.24, 2.45) is 0 Å². The van der Waals surface area contributed by atoms with Crippen LogP contribution >= 0.6 is 0 Å². The minimum atomic E-state index is -0.498. The summed E-state index contributed by atoms with van der Waals surface area (Å²) in [5.74, 6) is 1.11. The van der Waals surface area contributed by atoms with Crippen molar-refractivity contribution in [1.82, 2.24) is 0 Å². The van der Waals surface area contributed by atoms with Gasteiger partial charge in [-0.3, -0.25) is 0 Å². The van der Waals surface area contributed by atoms with Gasteiger partial charge in [0, 0.05) is 0 Å². The van der Waals surface area contributed by atoms with Crippen LogP contribution in [0.2, 0.25) is 0 Å². The van der Waals surface area contributed by atoms with E-state index in [0.29, 0.717) is 11.7 Å². The summed E-state index contributed by atoms with van der Waals surface area (Å²) < 4.78 is 5.14. The summed E-state index contributed by atoms with van der Waals surface area (Å²) in [6.07, 6.45) is 1.20. The molecule has 1 heterocycles. The zero-order valence-electron chi connectivity index (χ0n) is 7.16. The Morgan fingerprint density at radius 3 is 2.27 bits per heavy atom. The molecule has 0 radical (unpaired) electrons. The largest absolute Gasteiger partial charge is 0.466 e. The van der Waals surface area contributed by atoms with E-state index < -0.39 is 6.10 Å². The average molecular weight is 154 g/mol. The molecule has 1 rings (SSSR count). The Morgan fingerprint density at radius 2 is 2.00 bits per heavy atom. The molecule has 1 unspecified atom stereocenters. The summed E-state index contributed by atoms with van der Waals surface area (Å²) in [6.45, 7) is 5.89. The van der Waals surface area contributed by atoms with Crippen LogP contribution in [0.4, 0.5) is 0 Å². The Morgan fingerprint density at radius 1 is 1.36 bits per heavy atom. The maximum absolute atomic E-state index is 9.13. The smallest absolute Gasteiger partial charge is 0.132 e. The number of hydrogen-bond donors (Lipinski definition) is 1. The van der Waals surface area contributed by atoms with Crippen LogP contribution in [-0.4, -0.2) is 5.11 Å². The van der Waals surface area contributed by atoms with Crippen molar-refractivity contribution >= 4 is 0 Å². The van der Waals surface area contributed by atoms with E-state index in [-0.39, 0.29) is 0 Å². The molecule has 0 aromatic carbocycles. The van der Waals surface area contributed by atoms with E-state index in [1.54, 1.807) is 13.2 Å². The molecule has 2 nitrogen and oxygen atoms in total. The van der Waals surface area contributed by atoms with Gasteiger partial charge in [-0.25, -0.2) is 0 Å². The summed E-state index contributed by atoms with van der Waals surface area (Å²) in [5.41, 5.74) is 1.14.